The monoisotopic (exact) mass is 281 g/mol. The predicted molar refractivity (Wildman–Crippen MR) is 79.6 cm³/mol. The number of cyclic esters (lactones) is 1. The summed E-state index contributed by atoms with van der Waals surface area (Å²) in [4.78, 5) is 16.3. The first-order valence-electron chi connectivity index (χ1n) is 6.74. The van der Waals surface area contributed by atoms with Crippen molar-refractivity contribution in [3.63, 3.8) is 0 Å². The quantitative estimate of drug-likeness (QED) is 0.809. The maximum absolute atomic E-state index is 11.9. The molecular formula is C17H15NO3. The largest absolute Gasteiger partial charge is 0.497 e. The number of rotatable bonds is 4. The van der Waals surface area contributed by atoms with E-state index in [2.05, 4.69) is 4.99 Å². The summed E-state index contributed by atoms with van der Waals surface area (Å²) in [5, 5.41) is 0. The standard InChI is InChI=1S/C17H15NO3/c1-20-14-9-5-6-12(10-14)11-15-17(19)21-16(18-15)13-7-3-2-4-8-13/h2-10,15H,11H2,1H3. The minimum absolute atomic E-state index is 0.309. The topological polar surface area (TPSA) is 47.9 Å². The molecule has 0 saturated heterocycles. The molecule has 1 heterocycles. The molecule has 106 valence electrons. The maximum Gasteiger partial charge on any atom is 0.338 e. The lowest BCUT2D eigenvalue weighted by atomic mass is 10.1. The Kier molecular flexibility index (Phi) is 3.69. The van der Waals surface area contributed by atoms with Crippen LogP contribution in [-0.2, 0) is 16.0 Å². The van der Waals surface area contributed by atoms with Gasteiger partial charge in [-0.2, -0.15) is 0 Å². The summed E-state index contributed by atoms with van der Waals surface area (Å²) in [6.07, 6.45) is 0.506. The molecule has 0 saturated carbocycles. The zero-order valence-corrected chi connectivity index (χ0v) is 11.7. The van der Waals surface area contributed by atoms with E-state index < -0.39 is 6.04 Å². The molecule has 21 heavy (non-hydrogen) atoms. The van der Waals surface area contributed by atoms with E-state index in [1.54, 1.807) is 7.11 Å². The van der Waals surface area contributed by atoms with Crippen LogP contribution in [0.5, 0.6) is 5.75 Å². The fourth-order valence-corrected chi connectivity index (χ4v) is 2.25. The van der Waals surface area contributed by atoms with Crippen LogP contribution in [-0.4, -0.2) is 25.0 Å². The summed E-state index contributed by atoms with van der Waals surface area (Å²) in [7, 11) is 1.62. The molecule has 1 atom stereocenters. The van der Waals surface area contributed by atoms with Crippen LogP contribution in [0, 0.1) is 0 Å². The van der Waals surface area contributed by atoms with Crippen molar-refractivity contribution >= 4 is 11.9 Å². The fraction of sp³-hybridized carbons (Fsp3) is 0.176. The lowest BCUT2D eigenvalue weighted by Crippen LogP contribution is -2.17. The summed E-state index contributed by atoms with van der Waals surface area (Å²) in [5.74, 6) is 0.858. The molecule has 1 aliphatic rings. The first-order valence-corrected chi connectivity index (χ1v) is 6.74. The maximum atomic E-state index is 11.9. The molecule has 4 nitrogen and oxygen atoms in total. The third-order valence-electron chi connectivity index (χ3n) is 3.33. The van der Waals surface area contributed by atoms with Crippen molar-refractivity contribution in [3.8, 4) is 5.75 Å². The Morgan fingerprint density at radius 3 is 2.71 bits per heavy atom. The number of aliphatic imine (C=N–C) groups is 1. The Labute approximate surface area is 123 Å². The molecule has 0 aliphatic carbocycles. The molecule has 1 aliphatic heterocycles. The van der Waals surface area contributed by atoms with Crippen molar-refractivity contribution in [1.29, 1.82) is 0 Å². The minimum atomic E-state index is -0.493. The van der Waals surface area contributed by atoms with Gasteiger partial charge in [0.25, 0.3) is 0 Å². The lowest BCUT2D eigenvalue weighted by molar-refractivity contribution is -0.134. The smallest absolute Gasteiger partial charge is 0.338 e. The molecule has 1 unspecified atom stereocenters. The highest BCUT2D eigenvalue weighted by atomic mass is 16.6. The van der Waals surface area contributed by atoms with Crippen LogP contribution in [0.3, 0.4) is 0 Å². The van der Waals surface area contributed by atoms with E-state index in [9.17, 15) is 4.79 Å². The van der Waals surface area contributed by atoms with Gasteiger partial charge in [0.05, 0.1) is 7.11 Å². The zero-order chi connectivity index (χ0) is 14.7. The molecule has 2 aromatic carbocycles. The highest BCUT2D eigenvalue weighted by molar-refractivity contribution is 6.06. The average molecular weight is 281 g/mol. The Morgan fingerprint density at radius 2 is 1.95 bits per heavy atom. The van der Waals surface area contributed by atoms with Gasteiger partial charge in [0.1, 0.15) is 5.75 Å². The van der Waals surface area contributed by atoms with Crippen LogP contribution < -0.4 is 4.74 Å². The van der Waals surface area contributed by atoms with Crippen LogP contribution in [0.2, 0.25) is 0 Å². The van der Waals surface area contributed by atoms with Gasteiger partial charge < -0.3 is 9.47 Å². The van der Waals surface area contributed by atoms with Gasteiger partial charge in [-0.15, -0.1) is 0 Å². The average Bonchev–Trinajstić information content (AvgIpc) is 2.89. The number of carbonyl (C=O) groups is 1. The normalized spacial score (nSPS) is 17.3. The van der Waals surface area contributed by atoms with Gasteiger partial charge in [0, 0.05) is 12.0 Å². The van der Waals surface area contributed by atoms with E-state index in [1.165, 1.54) is 0 Å². The van der Waals surface area contributed by atoms with Crippen molar-refractivity contribution in [2.75, 3.05) is 7.11 Å². The van der Waals surface area contributed by atoms with Crippen LogP contribution in [0.4, 0.5) is 0 Å². The van der Waals surface area contributed by atoms with Gasteiger partial charge in [0.15, 0.2) is 6.04 Å². The molecule has 3 rings (SSSR count). The van der Waals surface area contributed by atoms with E-state index in [1.807, 2.05) is 54.6 Å². The van der Waals surface area contributed by atoms with E-state index in [0.717, 1.165) is 16.9 Å². The van der Waals surface area contributed by atoms with Crippen LogP contribution in [0.1, 0.15) is 11.1 Å². The number of ether oxygens (including phenoxy) is 2. The van der Waals surface area contributed by atoms with Gasteiger partial charge in [-0.25, -0.2) is 9.79 Å². The summed E-state index contributed by atoms with van der Waals surface area (Å²) in [6.45, 7) is 0. The third kappa shape index (κ3) is 2.94. The second kappa shape index (κ2) is 5.79. The third-order valence-corrected chi connectivity index (χ3v) is 3.33. The number of benzene rings is 2. The molecule has 0 amide bonds. The summed E-state index contributed by atoms with van der Waals surface area (Å²) in [5.41, 5.74) is 1.81. The molecule has 0 aromatic heterocycles. The Balaban J connectivity index is 1.79. The van der Waals surface area contributed by atoms with Crippen LogP contribution in [0.25, 0.3) is 0 Å². The first kappa shape index (κ1) is 13.4. The van der Waals surface area contributed by atoms with Crippen molar-refractivity contribution in [2.45, 2.75) is 12.5 Å². The van der Waals surface area contributed by atoms with E-state index in [-0.39, 0.29) is 5.97 Å². The number of hydrogen-bond donors (Lipinski definition) is 0. The van der Waals surface area contributed by atoms with Crippen molar-refractivity contribution in [3.05, 3.63) is 65.7 Å². The molecular weight excluding hydrogens is 266 g/mol. The molecule has 0 radical (unpaired) electrons. The second-order valence-corrected chi connectivity index (χ2v) is 4.79. The number of carbonyl (C=O) groups excluding carboxylic acids is 1. The van der Waals surface area contributed by atoms with Gasteiger partial charge in [0.2, 0.25) is 5.90 Å². The lowest BCUT2D eigenvalue weighted by Gasteiger charge is -2.05. The highest BCUT2D eigenvalue weighted by Crippen LogP contribution is 2.19. The predicted octanol–water partition coefficient (Wildman–Crippen LogP) is 2.61. The van der Waals surface area contributed by atoms with E-state index in [4.69, 9.17) is 9.47 Å². The van der Waals surface area contributed by atoms with Crippen LogP contribution >= 0.6 is 0 Å². The van der Waals surface area contributed by atoms with Gasteiger partial charge in [-0.1, -0.05) is 30.3 Å². The molecule has 0 fully saturated rings. The molecule has 0 spiro atoms. The Hall–Kier alpha value is -2.62. The number of nitrogens with zero attached hydrogens (tertiary/aromatic N) is 1. The van der Waals surface area contributed by atoms with Crippen molar-refractivity contribution in [2.24, 2.45) is 4.99 Å². The van der Waals surface area contributed by atoms with Crippen molar-refractivity contribution in [1.82, 2.24) is 0 Å². The number of methoxy groups -OCH3 is 1. The first-order chi connectivity index (χ1) is 10.3. The molecule has 2 aromatic rings. The van der Waals surface area contributed by atoms with E-state index >= 15 is 0 Å². The SMILES string of the molecule is COc1cccc(CC2N=C(c3ccccc3)OC2=O)c1. The van der Waals surface area contributed by atoms with Gasteiger partial charge in [-0.05, 0) is 29.8 Å². The zero-order valence-electron chi connectivity index (χ0n) is 11.7. The Bertz CT molecular complexity index is 679. The highest BCUT2D eigenvalue weighted by Gasteiger charge is 2.29. The van der Waals surface area contributed by atoms with Gasteiger partial charge in [-0.3, -0.25) is 0 Å². The van der Waals surface area contributed by atoms with Crippen molar-refractivity contribution < 1.29 is 14.3 Å². The molecule has 0 bridgehead atoms. The minimum Gasteiger partial charge on any atom is -0.497 e. The number of hydrogen-bond acceptors (Lipinski definition) is 4. The fourth-order valence-electron chi connectivity index (χ4n) is 2.25. The van der Waals surface area contributed by atoms with Crippen LogP contribution in [0.15, 0.2) is 59.6 Å². The summed E-state index contributed by atoms with van der Waals surface area (Å²) < 4.78 is 10.5. The molecule has 4 heteroatoms. The summed E-state index contributed by atoms with van der Waals surface area (Å²) in [6, 6.07) is 16.6. The summed E-state index contributed by atoms with van der Waals surface area (Å²) >= 11 is 0. The second-order valence-electron chi connectivity index (χ2n) is 4.79. The molecule has 0 N–H and O–H groups in total. The number of esters is 1. The van der Waals surface area contributed by atoms with Gasteiger partial charge >= 0.3 is 5.97 Å². The van der Waals surface area contributed by atoms with E-state index in [0.29, 0.717) is 12.3 Å². The Morgan fingerprint density at radius 1 is 1.14 bits per heavy atom.